The highest BCUT2D eigenvalue weighted by atomic mass is 16.5. The van der Waals surface area contributed by atoms with E-state index < -0.39 is 5.60 Å². The Balaban J connectivity index is 2.42. The first-order valence-corrected chi connectivity index (χ1v) is 5.61. The Hall–Kier alpha value is -1.36. The molecule has 0 aromatic carbocycles. The number of ether oxygens (including phenoxy) is 1. The summed E-state index contributed by atoms with van der Waals surface area (Å²) in [6.45, 7) is 2.49. The van der Waals surface area contributed by atoms with Gasteiger partial charge in [0.2, 0.25) is 5.88 Å². The van der Waals surface area contributed by atoms with Gasteiger partial charge in [0.15, 0.2) is 0 Å². The van der Waals surface area contributed by atoms with E-state index in [2.05, 4.69) is 9.97 Å². The zero-order valence-electron chi connectivity index (χ0n) is 9.32. The molecule has 0 radical (unpaired) electrons. The van der Waals surface area contributed by atoms with Crippen LogP contribution in [-0.2, 0) is 10.3 Å². The van der Waals surface area contributed by atoms with E-state index in [1.165, 1.54) is 0 Å². The average Bonchev–Trinajstić information content (AvgIpc) is 2.66. The second-order valence-corrected chi connectivity index (χ2v) is 4.09. The zero-order valence-corrected chi connectivity index (χ0v) is 9.32. The van der Waals surface area contributed by atoms with Gasteiger partial charge >= 0.3 is 0 Å². The monoisotopic (exact) mass is 224 g/mol. The number of aromatic amines is 1. The fourth-order valence-corrected chi connectivity index (χ4v) is 2.33. The van der Waals surface area contributed by atoms with E-state index in [1.54, 1.807) is 0 Å². The maximum absolute atomic E-state index is 11.3. The summed E-state index contributed by atoms with van der Waals surface area (Å²) in [6.07, 6.45) is 3.79. The average molecular weight is 224 g/mol. The van der Waals surface area contributed by atoms with Crippen molar-refractivity contribution >= 4 is 0 Å². The summed E-state index contributed by atoms with van der Waals surface area (Å²) < 4.78 is 5.74. The van der Waals surface area contributed by atoms with Gasteiger partial charge in [-0.25, -0.2) is 0 Å². The van der Waals surface area contributed by atoms with Gasteiger partial charge < -0.3 is 14.8 Å². The molecule has 1 saturated carbocycles. The largest absolute Gasteiger partial charge is 0.493 e. The summed E-state index contributed by atoms with van der Waals surface area (Å²) in [5.41, 5.74) is -0.847. The maximum Gasteiger partial charge on any atom is 0.254 e. The van der Waals surface area contributed by atoms with Crippen molar-refractivity contribution in [3.63, 3.8) is 0 Å². The van der Waals surface area contributed by atoms with Crippen LogP contribution in [0.1, 0.15) is 38.4 Å². The molecule has 0 bridgehead atoms. The van der Waals surface area contributed by atoms with Gasteiger partial charge in [0.05, 0.1) is 6.07 Å². The van der Waals surface area contributed by atoms with Gasteiger partial charge in [-0.1, -0.05) is 0 Å². The molecule has 1 aromatic rings. The maximum atomic E-state index is 11.3. The summed E-state index contributed by atoms with van der Waals surface area (Å²) >= 11 is 0. The van der Waals surface area contributed by atoms with Crippen molar-refractivity contribution in [1.29, 1.82) is 0 Å². The number of nitrogens with zero attached hydrogens (tertiary/aromatic N) is 1. The van der Waals surface area contributed by atoms with Crippen LogP contribution in [0.3, 0.4) is 0 Å². The minimum Gasteiger partial charge on any atom is -0.493 e. The fraction of sp³-hybridized carbons (Fsp3) is 0.636. The van der Waals surface area contributed by atoms with Crippen molar-refractivity contribution in [2.45, 2.75) is 38.2 Å². The number of aromatic hydroxyl groups is 1. The molecule has 1 aliphatic rings. The van der Waals surface area contributed by atoms with E-state index in [4.69, 9.17) is 4.74 Å². The molecule has 0 aliphatic heterocycles. The van der Waals surface area contributed by atoms with Crippen LogP contribution in [0, 0.1) is 0 Å². The molecule has 0 saturated heterocycles. The number of nitrogens with one attached hydrogen (secondary N) is 1. The number of aromatic nitrogens is 2. The summed E-state index contributed by atoms with van der Waals surface area (Å²) in [5, 5.41) is 9.35. The topological polar surface area (TPSA) is 75.2 Å². The first-order chi connectivity index (χ1) is 7.66. The molecule has 88 valence electrons. The lowest BCUT2D eigenvalue weighted by Gasteiger charge is -2.27. The SMILES string of the molecule is CCOC1(c2nc(O)cc(=O)[nH]2)CCCC1. The van der Waals surface area contributed by atoms with Gasteiger partial charge in [-0.3, -0.25) is 4.79 Å². The first-order valence-electron chi connectivity index (χ1n) is 5.61. The van der Waals surface area contributed by atoms with E-state index >= 15 is 0 Å². The van der Waals surface area contributed by atoms with Crippen LogP contribution in [0.2, 0.25) is 0 Å². The highest BCUT2D eigenvalue weighted by molar-refractivity contribution is 5.13. The molecule has 1 fully saturated rings. The standard InChI is InChI=1S/C11H16N2O3/c1-2-16-11(5-3-4-6-11)10-12-8(14)7-9(15)13-10/h7H,2-6H2,1H3,(H2,12,13,14,15). The highest BCUT2D eigenvalue weighted by Crippen LogP contribution is 2.40. The molecule has 5 nitrogen and oxygen atoms in total. The molecular formula is C11H16N2O3. The third-order valence-electron chi connectivity index (χ3n) is 2.99. The lowest BCUT2D eigenvalue weighted by molar-refractivity contribution is -0.0462. The van der Waals surface area contributed by atoms with Crippen LogP contribution < -0.4 is 5.56 Å². The molecule has 0 unspecified atom stereocenters. The molecule has 1 aliphatic carbocycles. The van der Waals surface area contributed by atoms with Crippen molar-refractivity contribution in [3.05, 3.63) is 22.2 Å². The normalized spacial score (nSPS) is 18.8. The van der Waals surface area contributed by atoms with Crippen molar-refractivity contribution in [2.24, 2.45) is 0 Å². The summed E-state index contributed by atoms with van der Waals surface area (Å²) in [7, 11) is 0. The van der Waals surface area contributed by atoms with Crippen molar-refractivity contribution in [1.82, 2.24) is 9.97 Å². The van der Waals surface area contributed by atoms with Crippen molar-refractivity contribution in [3.8, 4) is 5.88 Å². The predicted molar refractivity (Wildman–Crippen MR) is 58.3 cm³/mol. The lowest BCUT2D eigenvalue weighted by atomic mass is 10.0. The molecule has 0 spiro atoms. The Morgan fingerprint density at radius 2 is 2.25 bits per heavy atom. The predicted octanol–water partition coefficient (Wildman–Crippen LogP) is 1.28. The molecule has 16 heavy (non-hydrogen) atoms. The molecule has 5 heteroatoms. The van der Waals surface area contributed by atoms with E-state index in [1.807, 2.05) is 6.92 Å². The van der Waals surface area contributed by atoms with Gasteiger partial charge in [0.1, 0.15) is 11.4 Å². The van der Waals surface area contributed by atoms with Crippen molar-refractivity contribution < 1.29 is 9.84 Å². The fourth-order valence-electron chi connectivity index (χ4n) is 2.33. The van der Waals surface area contributed by atoms with Crippen LogP contribution in [0.15, 0.2) is 10.9 Å². The van der Waals surface area contributed by atoms with Gasteiger partial charge in [-0.2, -0.15) is 4.98 Å². The van der Waals surface area contributed by atoms with E-state index in [0.29, 0.717) is 12.4 Å². The number of hydrogen-bond donors (Lipinski definition) is 2. The molecule has 1 aromatic heterocycles. The molecule has 1 heterocycles. The smallest absolute Gasteiger partial charge is 0.254 e. The summed E-state index contributed by atoms with van der Waals surface area (Å²) in [5.74, 6) is 0.210. The number of H-pyrrole nitrogens is 1. The third kappa shape index (κ3) is 1.95. The highest BCUT2D eigenvalue weighted by Gasteiger charge is 2.39. The Morgan fingerprint density at radius 3 is 2.81 bits per heavy atom. The van der Waals surface area contributed by atoms with Crippen LogP contribution >= 0.6 is 0 Å². The second kappa shape index (κ2) is 4.25. The number of hydrogen-bond acceptors (Lipinski definition) is 4. The quantitative estimate of drug-likeness (QED) is 0.811. The first kappa shape index (κ1) is 11.1. The van der Waals surface area contributed by atoms with Crippen LogP contribution in [-0.4, -0.2) is 21.7 Å². The Bertz CT molecular complexity index is 421. The summed E-state index contributed by atoms with van der Waals surface area (Å²) in [6, 6.07) is 1.07. The Labute approximate surface area is 93.5 Å². The second-order valence-electron chi connectivity index (χ2n) is 4.09. The van der Waals surface area contributed by atoms with E-state index in [-0.39, 0.29) is 11.4 Å². The van der Waals surface area contributed by atoms with Crippen molar-refractivity contribution in [2.75, 3.05) is 6.61 Å². The van der Waals surface area contributed by atoms with E-state index in [0.717, 1.165) is 31.7 Å². The molecular weight excluding hydrogens is 208 g/mol. The Kier molecular flexibility index (Phi) is 2.96. The van der Waals surface area contributed by atoms with Gasteiger partial charge in [-0.05, 0) is 32.6 Å². The summed E-state index contributed by atoms with van der Waals surface area (Å²) in [4.78, 5) is 17.9. The molecule has 2 rings (SSSR count). The minimum atomic E-state index is -0.507. The van der Waals surface area contributed by atoms with Gasteiger partial charge in [0.25, 0.3) is 5.56 Å². The van der Waals surface area contributed by atoms with Crippen LogP contribution in [0.4, 0.5) is 0 Å². The molecule has 2 N–H and O–H groups in total. The Morgan fingerprint density at radius 1 is 1.56 bits per heavy atom. The van der Waals surface area contributed by atoms with Gasteiger partial charge in [0, 0.05) is 6.61 Å². The number of rotatable bonds is 3. The van der Waals surface area contributed by atoms with Crippen LogP contribution in [0.25, 0.3) is 0 Å². The lowest BCUT2D eigenvalue weighted by Crippen LogP contribution is -2.31. The molecule has 0 atom stereocenters. The van der Waals surface area contributed by atoms with Crippen LogP contribution in [0.5, 0.6) is 5.88 Å². The van der Waals surface area contributed by atoms with Gasteiger partial charge in [-0.15, -0.1) is 0 Å². The third-order valence-corrected chi connectivity index (χ3v) is 2.99. The minimum absolute atomic E-state index is 0.246. The molecule has 0 amide bonds. The van der Waals surface area contributed by atoms with E-state index in [9.17, 15) is 9.90 Å². The zero-order chi connectivity index (χ0) is 11.6.